The van der Waals surface area contributed by atoms with E-state index in [9.17, 15) is 0 Å². The monoisotopic (exact) mass is 296 g/mol. The standard InChI is InChI=1S/C16H12N2S2/c1-9-5-10(2)7-11(6-9)13-15-14(18-8-17-13)12-3-4-19-16(12)20-15/h3-8H,1-2H3. The van der Waals surface area contributed by atoms with Gasteiger partial charge in [-0.2, -0.15) is 0 Å². The first-order chi connectivity index (χ1) is 9.72. The van der Waals surface area contributed by atoms with Crippen LogP contribution in [0.3, 0.4) is 0 Å². The maximum absolute atomic E-state index is 4.54. The second-order valence-electron chi connectivity index (χ2n) is 5.00. The number of benzene rings is 1. The van der Waals surface area contributed by atoms with Crippen molar-refractivity contribution < 1.29 is 0 Å². The van der Waals surface area contributed by atoms with Crippen LogP contribution in [0.1, 0.15) is 11.1 Å². The van der Waals surface area contributed by atoms with Crippen LogP contribution >= 0.6 is 22.7 Å². The Bertz CT molecular complexity index is 914. The van der Waals surface area contributed by atoms with Gasteiger partial charge >= 0.3 is 0 Å². The molecule has 0 aliphatic rings. The molecule has 4 heteroatoms. The van der Waals surface area contributed by atoms with E-state index >= 15 is 0 Å². The summed E-state index contributed by atoms with van der Waals surface area (Å²) in [6.07, 6.45) is 1.68. The summed E-state index contributed by atoms with van der Waals surface area (Å²) < 4.78 is 2.52. The highest BCUT2D eigenvalue weighted by molar-refractivity contribution is 7.41. The first-order valence-electron chi connectivity index (χ1n) is 6.42. The molecule has 20 heavy (non-hydrogen) atoms. The van der Waals surface area contributed by atoms with E-state index < -0.39 is 0 Å². The Balaban J connectivity index is 2.08. The number of nitrogens with zero attached hydrogens (tertiary/aromatic N) is 2. The maximum Gasteiger partial charge on any atom is 0.116 e. The summed E-state index contributed by atoms with van der Waals surface area (Å²) in [5.74, 6) is 0. The van der Waals surface area contributed by atoms with Crippen LogP contribution < -0.4 is 0 Å². The zero-order valence-corrected chi connectivity index (χ0v) is 12.8. The zero-order chi connectivity index (χ0) is 13.7. The zero-order valence-electron chi connectivity index (χ0n) is 11.2. The number of hydrogen-bond acceptors (Lipinski definition) is 4. The van der Waals surface area contributed by atoms with Gasteiger partial charge in [0.2, 0.25) is 0 Å². The highest BCUT2D eigenvalue weighted by Gasteiger charge is 2.13. The topological polar surface area (TPSA) is 25.8 Å². The second-order valence-corrected chi connectivity index (χ2v) is 7.20. The van der Waals surface area contributed by atoms with Crippen molar-refractivity contribution in [2.75, 3.05) is 0 Å². The SMILES string of the molecule is Cc1cc(C)cc(-c2ncnc3c2sc2sccc23)c1. The summed E-state index contributed by atoms with van der Waals surface area (Å²) in [6.45, 7) is 4.25. The molecule has 0 fully saturated rings. The Morgan fingerprint density at radius 1 is 1.00 bits per heavy atom. The summed E-state index contributed by atoms with van der Waals surface area (Å²) in [5, 5.41) is 3.38. The highest BCUT2D eigenvalue weighted by Crippen LogP contribution is 2.40. The predicted molar refractivity (Wildman–Crippen MR) is 87.7 cm³/mol. The minimum absolute atomic E-state index is 1.05. The van der Waals surface area contributed by atoms with Gasteiger partial charge in [0.25, 0.3) is 0 Å². The van der Waals surface area contributed by atoms with Crippen LogP contribution in [0.4, 0.5) is 0 Å². The van der Waals surface area contributed by atoms with Gasteiger partial charge in [-0.05, 0) is 37.4 Å². The summed E-state index contributed by atoms with van der Waals surface area (Å²) in [7, 11) is 0. The van der Waals surface area contributed by atoms with Crippen molar-refractivity contribution in [3.05, 3.63) is 47.1 Å². The molecule has 98 valence electrons. The van der Waals surface area contributed by atoms with Crippen molar-refractivity contribution in [3.63, 3.8) is 0 Å². The normalized spacial score (nSPS) is 11.5. The molecule has 0 saturated heterocycles. The maximum atomic E-state index is 4.54. The summed E-state index contributed by atoms with van der Waals surface area (Å²) >= 11 is 3.57. The van der Waals surface area contributed by atoms with E-state index in [1.807, 2.05) is 0 Å². The first-order valence-corrected chi connectivity index (χ1v) is 8.11. The summed E-state index contributed by atoms with van der Waals surface area (Å²) in [4.78, 5) is 9.02. The highest BCUT2D eigenvalue weighted by atomic mass is 32.2. The Hall–Kier alpha value is -1.78. The molecule has 0 saturated carbocycles. The van der Waals surface area contributed by atoms with Gasteiger partial charge in [-0.15, -0.1) is 22.7 Å². The van der Waals surface area contributed by atoms with E-state index in [0.29, 0.717) is 0 Å². The van der Waals surface area contributed by atoms with E-state index in [-0.39, 0.29) is 0 Å². The molecule has 0 aliphatic heterocycles. The van der Waals surface area contributed by atoms with Crippen LogP contribution in [-0.4, -0.2) is 9.97 Å². The molecule has 0 spiro atoms. The Morgan fingerprint density at radius 2 is 1.80 bits per heavy atom. The number of aromatic nitrogens is 2. The fourth-order valence-electron chi connectivity index (χ4n) is 2.62. The van der Waals surface area contributed by atoms with Crippen LogP contribution in [0.15, 0.2) is 36.0 Å². The van der Waals surface area contributed by atoms with E-state index in [4.69, 9.17) is 0 Å². The minimum atomic E-state index is 1.05. The van der Waals surface area contributed by atoms with Gasteiger partial charge in [0.1, 0.15) is 6.33 Å². The molecule has 2 nitrogen and oxygen atoms in total. The van der Waals surface area contributed by atoms with Gasteiger partial charge in [0, 0.05) is 10.9 Å². The Kier molecular flexibility index (Phi) is 2.62. The van der Waals surface area contributed by atoms with Gasteiger partial charge in [-0.25, -0.2) is 9.97 Å². The Morgan fingerprint density at radius 3 is 2.60 bits per heavy atom. The molecule has 0 bridgehead atoms. The van der Waals surface area contributed by atoms with Crippen molar-refractivity contribution in [1.29, 1.82) is 0 Å². The lowest BCUT2D eigenvalue weighted by molar-refractivity contribution is 1.23. The molecule has 0 N–H and O–H groups in total. The van der Waals surface area contributed by atoms with Crippen LogP contribution in [-0.2, 0) is 0 Å². The van der Waals surface area contributed by atoms with E-state index in [0.717, 1.165) is 11.2 Å². The van der Waals surface area contributed by atoms with Crippen LogP contribution in [0.5, 0.6) is 0 Å². The molecule has 0 atom stereocenters. The molecular formula is C16H12N2S2. The quantitative estimate of drug-likeness (QED) is 0.483. The molecular weight excluding hydrogens is 284 g/mol. The molecule has 0 unspecified atom stereocenters. The lowest BCUT2D eigenvalue weighted by Gasteiger charge is -2.05. The number of hydrogen-bond donors (Lipinski definition) is 0. The smallest absolute Gasteiger partial charge is 0.116 e. The number of thiophene rings is 2. The van der Waals surface area contributed by atoms with Crippen molar-refractivity contribution in [2.24, 2.45) is 0 Å². The molecule has 0 amide bonds. The van der Waals surface area contributed by atoms with E-state index in [1.165, 1.54) is 30.8 Å². The van der Waals surface area contributed by atoms with Gasteiger partial charge in [0.15, 0.2) is 0 Å². The van der Waals surface area contributed by atoms with Crippen LogP contribution in [0, 0.1) is 13.8 Å². The second kappa shape index (κ2) is 4.36. The van der Waals surface area contributed by atoms with Gasteiger partial charge in [-0.3, -0.25) is 0 Å². The molecule has 1 aromatic carbocycles. The fourth-order valence-corrected chi connectivity index (χ4v) is 4.84. The number of aryl methyl sites for hydroxylation is 2. The predicted octanol–water partition coefficient (Wildman–Crippen LogP) is 5.19. The van der Waals surface area contributed by atoms with E-state index in [2.05, 4.69) is 53.5 Å². The number of fused-ring (bicyclic) bond motifs is 3. The van der Waals surface area contributed by atoms with Crippen molar-refractivity contribution >= 4 is 42.3 Å². The lowest BCUT2D eigenvalue weighted by Crippen LogP contribution is -1.88. The van der Waals surface area contributed by atoms with Gasteiger partial charge in [-0.1, -0.05) is 17.2 Å². The average Bonchev–Trinajstić information content (AvgIpc) is 2.97. The third kappa shape index (κ3) is 1.76. The molecule has 3 aromatic heterocycles. The third-order valence-corrected chi connectivity index (χ3v) is 5.62. The average molecular weight is 296 g/mol. The minimum Gasteiger partial charge on any atom is -0.235 e. The van der Waals surface area contributed by atoms with Crippen molar-refractivity contribution in [3.8, 4) is 11.3 Å². The van der Waals surface area contributed by atoms with Crippen LogP contribution in [0.25, 0.3) is 30.9 Å². The summed E-state index contributed by atoms with van der Waals surface area (Å²) in [5.41, 5.74) is 5.85. The summed E-state index contributed by atoms with van der Waals surface area (Å²) in [6, 6.07) is 8.73. The first kappa shape index (κ1) is 12.0. The molecule has 3 heterocycles. The molecule has 0 radical (unpaired) electrons. The van der Waals surface area contributed by atoms with Gasteiger partial charge < -0.3 is 0 Å². The molecule has 0 aliphatic carbocycles. The molecule has 4 aromatic rings. The lowest BCUT2D eigenvalue weighted by atomic mass is 10.0. The largest absolute Gasteiger partial charge is 0.235 e. The fraction of sp³-hybridized carbons (Fsp3) is 0.125. The Labute approximate surface area is 124 Å². The number of rotatable bonds is 1. The van der Waals surface area contributed by atoms with Crippen molar-refractivity contribution in [2.45, 2.75) is 13.8 Å². The van der Waals surface area contributed by atoms with Crippen molar-refractivity contribution in [1.82, 2.24) is 9.97 Å². The molecule has 4 rings (SSSR count). The third-order valence-electron chi connectivity index (χ3n) is 3.38. The van der Waals surface area contributed by atoms with E-state index in [1.54, 1.807) is 29.0 Å². The van der Waals surface area contributed by atoms with Crippen LogP contribution in [0.2, 0.25) is 0 Å². The van der Waals surface area contributed by atoms with Gasteiger partial charge in [0.05, 0.1) is 19.9 Å².